The number of aliphatic hydroxyl groups excluding tert-OH is 1. The van der Waals surface area contributed by atoms with Crippen LogP contribution in [0.15, 0.2) is 18.0 Å². The number of hydrogen-bond acceptors (Lipinski definition) is 4. The molecule has 0 amide bonds. The van der Waals surface area contributed by atoms with E-state index in [-0.39, 0.29) is 6.61 Å². The normalized spacial score (nSPS) is 10.7. The highest BCUT2D eigenvalue weighted by molar-refractivity contribution is 7.09. The maximum absolute atomic E-state index is 8.85. The molecule has 0 aliphatic rings. The molecule has 0 aliphatic heterocycles. The number of thiazole rings is 1. The van der Waals surface area contributed by atoms with E-state index >= 15 is 0 Å². The Morgan fingerprint density at radius 3 is 2.93 bits per heavy atom. The topological polar surface area (TPSA) is 50.9 Å². The Kier molecular flexibility index (Phi) is 2.60. The van der Waals surface area contributed by atoms with Crippen LogP contribution in [0.4, 0.5) is 0 Å². The van der Waals surface area contributed by atoms with E-state index in [4.69, 9.17) is 5.11 Å². The Labute approximate surface area is 85.9 Å². The van der Waals surface area contributed by atoms with Crippen molar-refractivity contribution in [2.24, 2.45) is 0 Å². The van der Waals surface area contributed by atoms with Crippen LogP contribution in [0.25, 0.3) is 0 Å². The van der Waals surface area contributed by atoms with Crippen molar-refractivity contribution in [3.63, 3.8) is 0 Å². The molecule has 14 heavy (non-hydrogen) atoms. The average molecular weight is 209 g/mol. The van der Waals surface area contributed by atoms with Crippen LogP contribution < -0.4 is 0 Å². The van der Waals surface area contributed by atoms with Gasteiger partial charge in [0.05, 0.1) is 36.4 Å². The lowest BCUT2D eigenvalue weighted by molar-refractivity contribution is 0.277. The van der Waals surface area contributed by atoms with Crippen molar-refractivity contribution in [3.05, 3.63) is 34.3 Å². The maximum atomic E-state index is 8.85. The smallest absolute Gasteiger partial charge is 0.0953 e. The van der Waals surface area contributed by atoms with Gasteiger partial charge in [-0.2, -0.15) is 0 Å². The van der Waals surface area contributed by atoms with Gasteiger partial charge in [-0.3, -0.25) is 0 Å². The van der Waals surface area contributed by atoms with Crippen LogP contribution in [0, 0.1) is 6.92 Å². The highest BCUT2D eigenvalue weighted by Gasteiger charge is 2.03. The zero-order chi connectivity index (χ0) is 9.97. The van der Waals surface area contributed by atoms with Crippen molar-refractivity contribution in [2.75, 3.05) is 0 Å². The molecule has 2 heterocycles. The van der Waals surface area contributed by atoms with E-state index in [0.717, 1.165) is 12.2 Å². The summed E-state index contributed by atoms with van der Waals surface area (Å²) in [4.78, 5) is 9.45. The molecular formula is C9H11N3OS. The van der Waals surface area contributed by atoms with Gasteiger partial charge in [-0.1, -0.05) is 0 Å². The van der Waals surface area contributed by atoms with Crippen LogP contribution in [0.5, 0.6) is 0 Å². The number of nitrogens with zero attached hydrogens (tertiary/aromatic N) is 3. The third kappa shape index (κ3) is 1.83. The van der Waals surface area contributed by atoms with Crippen molar-refractivity contribution in [2.45, 2.75) is 20.1 Å². The monoisotopic (exact) mass is 209 g/mol. The summed E-state index contributed by atoms with van der Waals surface area (Å²) in [6, 6.07) is 0. The third-order valence-corrected chi connectivity index (χ3v) is 2.94. The quantitative estimate of drug-likeness (QED) is 0.826. The molecule has 5 heteroatoms. The number of hydrogen-bond donors (Lipinski definition) is 1. The molecule has 0 atom stereocenters. The highest BCUT2D eigenvalue weighted by Crippen LogP contribution is 2.13. The standard InChI is InChI=1S/C9H11N3OS/c1-7-9(14-6-11-7)3-12-2-8(4-13)10-5-12/h2,5-6,13H,3-4H2,1H3. The highest BCUT2D eigenvalue weighted by atomic mass is 32.1. The first-order valence-corrected chi connectivity index (χ1v) is 5.18. The van der Waals surface area contributed by atoms with E-state index in [0.29, 0.717) is 5.69 Å². The zero-order valence-corrected chi connectivity index (χ0v) is 8.66. The molecule has 0 unspecified atom stereocenters. The van der Waals surface area contributed by atoms with Gasteiger partial charge in [0.1, 0.15) is 0 Å². The van der Waals surface area contributed by atoms with Crippen molar-refractivity contribution in [1.82, 2.24) is 14.5 Å². The van der Waals surface area contributed by atoms with Gasteiger partial charge in [0.25, 0.3) is 0 Å². The number of aliphatic hydroxyl groups is 1. The van der Waals surface area contributed by atoms with Gasteiger partial charge in [0.15, 0.2) is 0 Å². The second-order valence-corrected chi connectivity index (χ2v) is 4.00. The molecule has 2 aromatic heterocycles. The number of aromatic nitrogens is 3. The van der Waals surface area contributed by atoms with Gasteiger partial charge in [-0.15, -0.1) is 11.3 Å². The summed E-state index contributed by atoms with van der Waals surface area (Å²) in [6.07, 6.45) is 3.57. The molecule has 0 spiro atoms. The van der Waals surface area contributed by atoms with Gasteiger partial charge in [-0.05, 0) is 6.92 Å². The fraction of sp³-hybridized carbons (Fsp3) is 0.333. The summed E-state index contributed by atoms with van der Waals surface area (Å²) in [5, 5.41) is 8.85. The molecule has 0 aromatic carbocycles. The fourth-order valence-electron chi connectivity index (χ4n) is 1.22. The van der Waals surface area contributed by atoms with Gasteiger partial charge in [0, 0.05) is 11.1 Å². The predicted octanol–water partition coefficient (Wildman–Crippen LogP) is 1.19. The Balaban J connectivity index is 2.15. The zero-order valence-electron chi connectivity index (χ0n) is 7.84. The number of imidazole rings is 1. The first-order chi connectivity index (χ1) is 6.79. The minimum absolute atomic E-state index is 0.00529. The Bertz CT molecular complexity index is 421. The lowest BCUT2D eigenvalue weighted by Gasteiger charge is -1.98. The van der Waals surface area contributed by atoms with Gasteiger partial charge in [-0.25, -0.2) is 9.97 Å². The van der Waals surface area contributed by atoms with Crippen LogP contribution in [0.1, 0.15) is 16.3 Å². The van der Waals surface area contributed by atoms with Crippen LogP contribution in [-0.4, -0.2) is 19.6 Å². The minimum atomic E-state index is -0.00529. The van der Waals surface area contributed by atoms with E-state index in [2.05, 4.69) is 9.97 Å². The lowest BCUT2D eigenvalue weighted by Crippen LogP contribution is -1.95. The fourth-order valence-corrected chi connectivity index (χ4v) is 2.00. The maximum Gasteiger partial charge on any atom is 0.0953 e. The molecule has 0 bridgehead atoms. The van der Waals surface area contributed by atoms with Gasteiger partial charge >= 0.3 is 0 Å². The van der Waals surface area contributed by atoms with Gasteiger partial charge < -0.3 is 9.67 Å². The van der Waals surface area contributed by atoms with E-state index in [1.54, 1.807) is 17.7 Å². The van der Waals surface area contributed by atoms with Crippen LogP contribution in [-0.2, 0) is 13.2 Å². The predicted molar refractivity (Wildman–Crippen MR) is 54.1 cm³/mol. The summed E-state index contributed by atoms with van der Waals surface area (Å²) in [6.45, 7) is 2.77. The number of aryl methyl sites for hydroxylation is 1. The molecule has 74 valence electrons. The minimum Gasteiger partial charge on any atom is -0.390 e. The van der Waals surface area contributed by atoms with E-state index in [9.17, 15) is 0 Å². The second kappa shape index (κ2) is 3.89. The number of rotatable bonds is 3. The largest absolute Gasteiger partial charge is 0.390 e. The molecule has 2 rings (SSSR count). The molecule has 0 radical (unpaired) electrons. The van der Waals surface area contributed by atoms with Crippen LogP contribution >= 0.6 is 11.3 Å². The third-order valence-electron chi connectivity index (χ3n) is 2.02. The summed E-state index contributed by atoms with van der Waals surface area (Å²) < 4.78 is 1.95. The van der Waals surface area contributed by atoms with Crippen molar-refractivity contribution in [3.8, 4) is 0 Å². The first-order valence-electron chi connectivity index (χ1n) is 4.30. The van der Waals surface area contributed by atoms with Gasteiger partial charge in [0.2, 0.25) is 0 Å². The molecule has 0 saturated heterocycles. The van der Waals surface area contributed by atoms with E-state index in [1.807, 2.05) is 23.2 Å². The lowest BCUT2D eigenvalue weighted by atomic mass is 10.4. The van der Waals surface area contributed by atoms with Crippen molar-refractivity contribution in [1.29, 1.82) is 0 Å². The molecule has 2 aromatic rings. The SMILES string of the molecule is Cc1ncsc1Cn1cnc(CO)c1. The Morgan fingerprint density at radius 2 is 2.36 bits per heavy atom. The summed E-state index contributed by atoms with van der Waals surface area (Å²) >= 11 is 1.64. The van der Waals surface area contributed by atoms with Crippen LogP contribution in [0.2, 0.25) is 0 Å². The van der Waals surface area contributed by atoms with Crippen LogP contribution in [0.3, 0.4) is 0 Å². The molecular weight excluding hydrogens is 198 g/mol. The molecule has 0 aliphatic carbocycles. The summed E-state index contributed by atoms with van der Waals surface area (Å²) in [7, 11) is 0. The Hall–Kier alpha value is -1.20. The molecule has 1 N–H and O–H groups in total. The van der Waals surface area contributed by atoms with E-state index < -0.39 is 0 Å². The Morgan fingerprint density at radius 1 is 1.50 bits per heavy atom. The summed E-state index contributed by atoms with van der Waals surface area (Å²) in [5.41, 5.74) is 3.61. The molecule has 0 fully saturated rings. The average Bonchev–Trinajstić information content (AvgIpc) is 2.77. The molecule has 4 nitrogen and oxygen atoms in total. The first kappa shape index (κ1) is 9.36. The van der Waals surface area contributed by atoms with Crippen molar-refractivity contribution >= 4 is 11.3 Å². The second-order valence-electron chi connectivity index (χ2n) is 3.06. The molecule has 0 saturated carbocycles. The summed E-state index contributed by atoms with van der Waals surface area (Å²) in [5.74, 6) is 0. The van der Waals surface area contributed by atoms with Crippen molar-refractivity contribution < 1.29 is 5.11 Å². The van der Waals surface area contributed by atoms with E-state index in [1.165, 1.54) is 4.88 Å².